The van der Waals surface area contributed by atoms with E-state index in [4.69, 9.17) is 9.47 Å². The zero-order valence-corrected chi connectivity index (χ0v) is 18.8. The predicted molar refractivity (Wildman–Crippen MR) is 118 cm³/mol. The highest BCUT2D eigenvalue weighted by atomic mass is 16.6. The number of aromatic nitrogens is 3. The van der Waals surface area contributed by atoms with Crippen molar-refractivity contribution in [3.8, 4) is 0 Å². The van der Waals surface area contributed by atoms with Crippen LogP contribution < -0.4 is 5.32 Å². The first-order valence-corrected chi connectivity index (χ1v) is 10.2. The maximum Gasteiger partial charge on any atom is 0.408 e. The zero-order valence-electron chi connectivity index (χ0n) is 18.8. The number of nitrogens with zero attached hydrogens (tertiary/aromatic N) is 1. The van der Waals surface area contributed by atoms with E-state index < -0.39 is 23.2 Å². The van der Waals surface area contributed by atoms with E-state index in [9.17, 15) is 9.59 Å². The average molecular weight is 427 g/mol. The first kappa shape index (κ1) is 22.4. The summed E-state index contributed by atoms with van der Waals surface area (Å²) in [4.78, 5) is 35.6. The molecule has 2 aromatic heterocycles. The third kappa shape index (κ3) is 5.07. The Balaban J connectivity index is 1.92. The van der Waals surface area contributed by atoms with Gasteiger partial charge in [0.1, 0.15) is 16.8 Å². The third-order valence-electron chi connectivity index (χ3n) is 5.08. The van der Waals surface area contributed by atoms with Gasteiger partial charge in [-0.25, -0.2) is 9.78 Å². The number of carbonyl (C=O) groups is 2. The Morgan fingerprint density at radius 2 is 1.87 bits per heavy atom. The Morgan fingerprint density at radius 1 is 1.16 bits per heavy atom. The van der Waals surface area contributed by atoms with Crippen LogP contribution in [0.25, 0.3) is 10.9 Å². The van der Waals surface area contributed by atoms with Gasteiger partial charge in [-0.3, -0.25) is 4.79 Å². The molecule has 0 fully saturated rings. The summed E-state index contributed by atoms with van der Waals surface area (Å²) in [6.45, 7) is 8.94. The second-order valence-electron chi connectivity index (χ2n) is 9.06. The molecule has 31 heavy (non-hydrogen) atoms. The van der Waals surface area contributed by atoms with Crippen LogP contribution in [0.15, 0.2) is 36.7 Å². The van der Waals surface area contributed by atoms with E-state index in [1.54, 1.807) is 20.0 Å². The van der Waals surface area contributed by atoms with E-state index in [0.29, 0.717) is 17.9 Å². The molecule has 0 bridgehead atoms. The molecule has 8 nitrogen and oxygen atoms in total. The fourth-order valence-electron chi connectivity index (χ4n) is 3.38. The van der Waals surface area contributed by atoms with E-state index in [-0.39, 0.29) is 5.97 Å². The van der Waals surface area contributed by atoms with Gasteiger partial charge in [0.05, 0.1) is 18.8 Å². The first-order valence-electron chi connectivity index (χ1n) is 10.2. The lowest BCUT2D eigenvalue weighted by Crippen LogP contribution is -2.36. The topological polar surface area (TPSA) is 109 Å². The number of methoxy groups -OCH3 is 1. The van der Waals surface area contributed by atoms with Gasteiger partial charge in [-0.05, 0) is 46.2 Å². The SMILES string of the molecule is COC(=O)C(C)(C)c1cnc(C(Cc2c[nH]c3ccccc23)NC(=O)OC(C)(C)C)[nH]1. The first-order chi connectivity index (χ1) is 14.5. The summed E-state index contributed by atoms with van der Waals surface area (Å²) >= 11 is 0. The summed E-state index contributed by atoms with van der Waals surface area (Å²) < 4.78 is 10.4. The van der Waals surface area contributed by atoms with Crippen LogP contribution in [0.2, 0.25) is 0 Å². The second-order valence-corrected chi connectivity index (χ2v) is 9.06. The number of para-hydroxylation sites is 1. The molecule has 1 aromatic carbocycles. The van der Waals surface area contributed by atoms with Gasteiger partial charge in [-0.2, -0.15) is 0 Å². The minimum atomic E-state index is -0.906. The summed E-state index contributed by atoms with van der Waals surface area (Å²) in [6, 6.07) is 7.47. The second kappa shape index (κ2) is 8.45. The van der Waals surface area contributed by atoms with Crippen molar-refractivity contribution in [3.63, 3.8) is 0 Å². The van der Waals surface area contributed by atoms with Crippen LogP contribution in [0, 0.1) is 0 Å². The molecular formula is C23H30N4O4. The number of benzene rings is 1. The average Bonchev–Trinajstić information content (AvgIpc) is 3.33. The van der Waals surface area contributed by atoms with Gasteiger partial charge in [-0.15, -0.1) is 0 Å². The third-order valence-corrected chi connectivity index (χ3v) is 5.08. The van der Waals surface area contributed by atoms with Crippen LogP contribution in [0.5, 0.6) is 0 Å². The molecular weight excluding hydrogens is 396 g/mol. The lowest BCUT2D eigenvalue weighted by atomic mass is 9.90. The molecule has 2 heterocycles. The molecule has 0 aliphatic carbocycles. The van der Waals surface area contributed by atoms with E-state index in [1.807, 2.05) is 51.2 Å². The normalized spacial score (nSPS) is 13.1. The number of rotatable bonds is 6. The fourth-order valence-corrected chi connectivity index (χ4v) is 3.38. The Labute approximate surface area is 181 Å². The minimum Gasteiger partial charge on any atom is -0.468 e. The van der Waals surface area contributed by atoms with E-state index >= 15 is 0 Å². The number of hydrogen-bond acceptors (Lipinski definition) is 5. The quantitative estimate of drug-likeness (QED) is 0.513. The number of carbonyl (C=O) groups excluding carboxylic acids is 2. The molecule has 0 radical (unpaired) electrons. The molecule has 3 N–H and O–H groups in total. The standard InChI is InChI=1S/C23H30N4O4/c1-22(2,3)31-21(29)26-17(11-14-12-24-16-10-8-7-9-15(14)16)19-25-13-18(27-19)23(4,5)20(28)30-6/h7-10,12-13,17,24H,11H2,1-6H3,(H,25,27)(H,26,29). The van der Waals surface area contributed by atoms with Crippen molar-refractivity contribution >= 4 is 23.0 Å². The Bertz CT molecular complexity index is 1070. The molecule has 1 amide bonds. The van der Waals surface area contributed by atoms with Crippen molar-refractivity contribution < 1.29 is 19.1 Å². The maximum atomic E-state index is 12.5. The highest BCUT2D eigenvalue weighted by Gasteiger charge is 2.34. The number of nitrogens with one attached hydrogen (secondary N) is 3. The zero-order chi connectivity index (χ0) is 22.8. The molecule has 3 aromatic rings. The summed E-state index contributed by atoms with van der Waals surface area (Å²) in [5, 5.41) is 3.99. The maximum absolute atomic E-state index is 12.5. The van der Waals surface area contributed by atoms with Gasteiger partial charge in [0, 0.05) is 29.7 Å². The number of aromatic amines is 2. The molecule has 0 spiro atoms. The fraction of sp³-hybridized carbons (Fsp3) is 0.435. The molecule has 1 atom stereocenters. The Kier molecular flexibility index (Phi) is 6.10. The van der Waals surface area contributed by atoms with Crippen LogP contribution in [-0.4, -0.2) is 39.7 Å². The number of esters is 1. The lowest BCUT2D eigenvalue weighted by molar-refractivity contribution is -0.146. The highest BCUT2D eigenvalue weighted by molar-refractivity contribution is 5.83. The monoisotopic (exact) mass is 426 g/mol. The van der Waals surface area contributed by atoms with Crippen LogP contribution >= 0.6 is 0 Å². The van der Waals surface area contributed by atoms with Crippen molar-refractivity contribution in [2.45, 2.75) is 58.1 Å². The van der Waals surface area contributed by atoms with Crippen LogP contribution in [0.3, 0.4) is 0 Å². The smallest absolute Gasteiger partial charge is 0.408 e. The van der Waals surface area contributed by atoms with Gasteiger partial charge in [-0.1, -0.05) is 18.2 Å². The summed E-state index contributed by atoms with van der Waals surface area (Å²) in [7, 11) is 1.35. The van der Waals surface area contributed by atoms with E-state index in [2.05, 4.69) is 20.3 Å². The Hall–Kier alpha value is -3.29. The number of amides is 1. The Morgan fingerprint density at radius 3 is 2.55 bits per heavy atom. The van der Waals surface area contributed by atoms with Gasteiger partial charge in [0.2, 0.25) is 0 Å². The molecule has 0 saturated heterocycles. The highest BCUT2D eigenvalue weighted by Crippen LogP contribution is 2.27. The predicted octanol–water partition coefficient (Wildman–Crippen LogP) is 4.15. The van der Waals surface area contributed by atoms with Crippen molar-refractivity contribution in [2.75, 3.05) is 7.11 Å². The van der Waals surface area contributed by atoms with Crippen molar-refractivity contribution in [2.24, 2.45) is 0 Å². The number of fused-ring (bicyclic) bond motifs is 1. The molecule has 0 aliphatic heterocycles. The van der Waals surface area contributed by atoms with Gasteiger partial charge < -0.3 is 24.8 Å². The summed E-state index contributed by atoms with van der Waals surface area (Å²) in [5.74, 6) is 0.152. The van der Waals surface area contributed by atoms with Gasteiger partial charge in [0.15, 0.2) is 0 Å². The van der Waals surface area contributed by atoms with Gasteiger partial charge >= 0.3 is 12.1 Å². The number of hydrogen-bond donors (Lipinski definition) is 3. The molecule has 8 heteroatoms. The molecule has 1 unspecified atom stereocenters. The summed E-state index contributed by atoms with van der Waals surface area (Å²) in [5.41, 5.74) is 1.11. The molecule has 0 saturated carbocycles. The number of H-pyrrole nitrogens is 2. The lowest BCUT2D eigenvalue weighted by Gasteiger charge is -2.23. The van der Waals surface area contributed by atoms with E-state index in [0.717, 1.165) is 16.5 Å². The minimum absolute atomic E-state index is 0.379. The largest absolute Gasteiger partial charge is 0.468 e. The molecule has 3 rings (SSSR count). The van der Waals surface area contributed by atoms with Crippen molar-refractivity contribution in [3.05, 3.63) is 53.7 Å². The van der Waals surface area contributed by atoms with Gasteiger partial charge in [0.25, 0.3) is 0 Å². The number of alkyl carbamates (subject to hydrolysis) is 1. The van der Waals surface area contributed by atoms with Crippen LogP contribution in [-0.2, 0) is 26.1 Å². The van der Waals surface area contributed by atoms with Crippen LogP contribution in [0.4, 0.5) is 4.79 Å². The summed E-state index contributed by atoms with van der Waals surface area (Å²) in [6.07, 6.45) is 3.47. The molecule has 0 aliphatic rings. The number of imidazole rings is 1. The van der Waals surface area contributed by atoms with Crippen LogP contribution in [0.1, 0.15) is 57.7 Å². The van der Waals surface area contributed by atoms with E-state index in [1.165, 1.54) is 7.11 Å². The number of ether oxygens (including phenoxy) is 2. The van der Waals surface area contributed by atoms with Crippen molar-refractivity contribution in [1.29, 1.82) is 0 Å². The molecule has 166 valence electrons. The van der Waals surface area contributed by atoms with Crippen molar-refractivity contribution in [1.82, 2.24) is 20.3 Å².